The molecule has 7 nitrogen and oxygen atoms in total. The van der Waals surface area contributed by atoms with Crippen molar-refractivity contribution in [3.8, 4) is 5.75 Å². The number of hydrogen-bond donors (Lipinski definition) is 0. The number of nitrogens with zero attached hydrogens (tertiary/aromatic N) is 1. The summed E-state index contributed by atoms with van der Waals surface area (Å²) < 4.78 is 22.1. The summed E-state index contributed by atoms with van der Waals surface area (Å²) in [5.74, 6) is -0.755. The number of carbonyl (C=O) groups excluding carboxylic acids is 2. The molecule has 0 radical (unpaired) electrons. The third kappa shape index (κ3) is 3.67. The highest BCUT2D eigenvalue weighted by molar-refractivity contribution is 14.1. The van der Waals surface area contributed by atoms with E-state index in [1.165, 1.54) is 26.2 Å². The summed E-state index contributed by atoms with van der Waals surface area (Å²) in [7, 11) is 4.02. The second-order valence-corrected chi connectivity index (χ2v) is 6.73. The number of hydrogen-bond acceptors (Lipinski definition) is 7. The van der Waals surface area contributed by atoms with Gasteiger partial charge < -0.3 is 23.8 Å². The van der Waals surface area contributed by atoms with E-state index in [2.05, 4.69) is 38.5 Å². The second-order valence-electron chi connectivity index (χ2n) is 4.66. The zero-order chi connectivity index (χ0) is 17.9. The van der Waals surface area contributed by atoms with Crippen molar-refractivity contribution < 1.29 is 28.5 Å². The molecule has 1 aliphatic rings. The third-order valence-electron chi connectivity index (χ3n) is 3.32. The molecule has 0 unspecified atom stereocenters. The Morgan fingerprint density at radius 1 is 1.21 bits per heavy atom. The van der Waals surface area contributed by atoms with E-state index in [1.807, 2.05) is 6.07 Å². The predicted octanol–water partition coefficient (Wildman–Crippen LogP) is 2.46. The molecule has 1 aromatic rings. The monoisotopic (exact) mass is 511 g/mol. The van der Waals surface area contributed by atoms with Crippen molar-refractivity contribution in [2.45, 2.75) is 0 Å². The van der Waals surface area contributed by atoms with Crippen LogP contribution < -0.4 is 9.64 Å². The van der Waals surface area contributed by atoms with Gasteiger partial charge in [-0.15, -0.1) is 0 Å². The number of esters is 2. The number of methoxy groups -OCH3 is 3. The zero-order valence-electron chi connectivity index (χ0n) is 13.2. The van der Waals surface area contributed by atoms with Gasteiger partial charge in [0.05, 0.1) is 42.8 Å². The van der Waals surface area contributed by atoms with Crippen LogP contribution >= 0.6 is 38.5 Å². The molecule has 9 heteroatoms. The van der Waals surface area contributed by atoms with Crippen LogP contribution in [0.5, 0.6) is 5.75 Å². The minimum Gasteiger partial charge on any atom is -0.493 e. The highest BCUT2D eigenvalue weighted by Gasteiger charge is 2.34. The van der Waals surface area contributed by atoms with Crippen LogP contribution in [0.4, 0.5) is 5.69 Å². The van der Waals surface area contributed by atoms with Crippen molar-refractivity contribution in [1.82, 2.24) is 0 Å². The molecule has 0 bridgehead atoms. The van der Waals surface area contributed by atoms with Gasteiger partial charge in [0, 0.05) is 4.47 Å². The van der Waals surface area contributed by atoms with Crippen molar-refractivity contribution in [1.29, 1.82) is 0 Å². The molecule has 0 saturated carbocycles. The molecule has 1 aliphatic heterocycles. The summed E-state index contributed by atoms with van der Waals surface area (Å²) in [5.41, 5.74) is 0.730. The van der Waals surface area contributed by atoms with Crippen LogP contribution in [0, 0.1) is 3.57 Å². The number of benzene rings is 1. The van der Waals surface area contributed by atoms with Crippen LogP contribution in [0.1, 0.15) is 0 Å². The average Bonchev–Trinajstić information content (AvgIpc) is 2.59. The SMILES string of the molecule is COC(=O)C1=C(C(=O)OC)N(c2cc(Br)cc(I)c2OC)COC1. The minimum absolute atomic E-state index is 0.0407. The number of carbonyl (C=O) groups is 2. The van der Waals surface area contributed by atoms with E-state index < -0.39 is 11.9 Å². The highest BCUT2D eigenvalue weighted by atomic mass is 127. The standard InChI is InChI=1S/C15H15BrINO6/c1-21-13-10(17)4-8(16)5-11(13)18-7-24-6-9(14(19)22-2)12(18)15(20)23-3/h4-5H,6-7H2,1-3H3. The number of halogens is 2. The Morgan fingerprint density at radius 2 is 1.88 bits per heavy atom. The lowest BCUT2D eigenvalue weighted by atomic mass is 10.1. The van der Waals surface area contributed by atoms with Crippen LogP contribution in [0.15, 0.2) is 27.9 Å². The van der Waals surface area contributed by atoms with Gasteiger partial charge in [0.15, 0.2) is 5.75 Å². The second kappa shape index (κ2) is 8.17. The van der Waals surface area contributed by atoms with Crippen molar-refractivity contribution in [2.24, 2.45) is 0 Å². The smallest absolute Gasteiger partial charge is 0.355 e. The molecular weight excluding hydrogens is 497 g/mol. The van der Waals surface area contributed by atoms with E-state index >= 15 is 0 Å². The zero-order valence-corrected chi connectivity index (χ0v) is 17.0. The predicted molar refractivity (Wildman–Crippen MR) is 97.8 cm³/mol. The molecule has 0 atom stereocenters. The summed E-state index contributed by atoms with van der Waals surface area (Å²) in [4.78, 5) is 25.9. The topological polar surface area (TPSA) is 74.3 Å². The molecule has 0 spiro atoms. The average molecular weight is 512 g/mol. The van der Waals surface area contributed by atoms with Crippen LogP contribution in [-0.4, -0.2) is 46.6 Å². The van der Waals surface area contributed by atoms with Crippen LogP contribution in [0.3, 0.4) is 0 Å². The maximum atomic E-state index is 12.3. The fourth-order valence-electron chi connectivity index (χ4n) is 2.28. The van der Waals surface area contributed by atoms with E-state index in [-0.39, 0.29) is 24.6 Å². The van der Waals surface area contributed by atoms with Gasteiger partial charge in [-0.05, 0) is 34.7 Å². The first-order valence-corrected chi connectivity index (χ1v) is 8.59. The Hall–Kier alpha value is -1.33. The summed E-state index contributed by atoms with van der Waals surface area (Å²) in [6.45, 7) is 0.0227. The molecule has 0 aromatic heterocycles. The summed E-state index contributed by atoms with van der Waals surface area (Å²) in [5, 5.41) is 0. The number of rotatable bonds is 4. The molecule has 2 rings (SSSR count). The van der Waals surface area contributed by atoms with Crippen LogP contribution in [0.25, 0.3) is 0 Å². The molecule has 24 heavy (non-hydrogen) atoms. The van der Waals surface area contributed by atoms with Crippen LogP contribution in [-0.2, 0) is 23.8 Å². The maximum Gasteiger partial charge on any atom is 0.355 e. The minimum atomic E-state index is -0.657. The fraction of sp³-hybridized carbons (Fsp3) is 0.333. The molecule has 0 fully saturated rings. The first kappa shape index (κ1) is 19.0. The largest absolute Gasteiger partial charge is 0.493 e. The van der Waals surface area contributed by atoms with Gasteiger partial charge in [-0.25, -0.2) is 9.59 Å². The Bertz CT molecular complexity index is 705. The molecular formula is C15H15BrINO6. The van der Waals surface area contributed by atoms with E-state index in [0.717, 1.165) is 8.04 Å². The molecule has 0 N–H and O–H groups in total. The van der Waals surface area contributed by atoms with Crippen molar-refractivity contribution in [2.75, 3.05) is 39.6 Å². The normalized spacial score (nSPS) is 14.5. The van der Waals surface area contributed by atoms with Gasteiger partial charge in [0.25, 0.3) is 0 Å². The number of anilines is 1. The van der Waals surface area contributed by atoms with Crippen LogP contribution in [0.2, 0.25) is 0 Å². The first-order valence-electron chi connectivity index (χ1n) is 6.72. The lowest BCUT2D eigenvalue weighted by Crippen LogP contribution is -2.39. The Labute approximate surface area is 161 Å². The van der Waals surface area contributed by atoms with Gasteiger partial charge in [-0.2, -0.15) is 0 Å². The number of ether oxygens (including phenoxy) is 4. The molecule has 130 valence electrons. The third-order valence-corrected chi connectivity index (χ3v) is 4.58. The summed E-state index contributed by atoms with van der Waals surface area (Å²) in [6, 6.07) is 3.64. The van der Waals surface area contributed by atoms with Gasteiger partial charge in [-0.1, -0.05) is 15.9 Å². The van der Waals surface area contributed by atoms with Crippen molar-refractivity contribution >= 4 is 56.1 Å². The van der Waals surface area contributed by atoms with E-state index in [1.54, 1.807) is 6.07 Å². The van der Waals surface area contributed by atoms with Crippen molar-refractivity contribution in [3.05, 3.63) is 31.4 Å². The van der Waals surface area contributed by atoms with Gasteiger partial charge in [-0.3, -0.25) is 0 Å². The van der Waals surface area contributed by atoms with Crippen molar-refractivity contribution in [3.63, 3.8) is 0 Å². The first-order chi connectivity index (χ1) is 11.4. The van der Waals surface area contributed by atoms with E-state index in [0.29, 0.717) is 11.4 Å². The quantitative estimate of drug-likeness (QED) is 0.454. The lowest BCUT2D eigenvalue weighted by molar-refractivity contribution is -0.140. The maximum absolute atomic E-state index is 12.3. The lowest BCUT2D eigenvalue weighted by Gasteiger charge is -2.32. The molecule has 0 amide bonds. The van der Waals surface area contributed by atoms with E-state index in [4.69, 9.17) is 18.9 Å². The highest BCUT2D eigenvalue weighted by Crippen LogP contribution is 2.39. The molecule has 1 aromatic carbocycles. The molecule has 1 heterocycles. The van der Waals surface area contributed by atoms with Gasteiger partial charge >= 0.3 is 11.9 Å². The summed E-state index contributed by atoms with van der Waals surface area (Å²) in [6.07, 6.45) is 0. The summed E-state index contributed by atoms with van der Waals surface area (Å²) >= 11 is 5.54. The van der Waals surface area contributed by atoms with Gasteiger partial charge in [0.1, 0.15) is 12.4 Å². The Kier molecular flexibility index (Phi) is 6.47. The van der Waals surface area contributed by atoms with Gasteiger partial charge in [0.2, 0.25) is 0 Å². The Morgan fingerprint density at radius 3 is 2.46 bits per heavy atom. The fourth-order valence-corrected chi connectivity index (χ4v) is 3.99. The Balaban J connectivity index is 2.68. The molecule has 0 aliphatic carbocycles. The molecule has 0 saturated heterocycles. The van der Waals surface area contributed by atoms with E-state index in [9.17, 15) is 9.59 Å².